The van der Waals surface area contributed by atoms with Gasteiger partial charge in [0, 0.05) is 18.9 Å². The lowest BCUT2D eigenvalue weighted by molar-refractivity contribution is -0.119. The minimum atomic E-state index is -3.56. The first-order chi connectivity index (χ1) is 11.3. The highest BCUT2D eigenvalue weighted by molar-refractivity contribution is 7.92. The van der Waals surface area contributed by atoms with Gasteiger partial charge in [0.05, 0.1) is 11.9 Å². The van der Waals surface area contributed by atoms with Crippen molar-refractivity contribution in [1.29, 1.82) is 0 Å². The third kappa shape index (κ3) is 4.79. The number of amides is 1. The molecule has 24 heavy (non-hydrogen) atoms. The van der Waals surface area contributed by atoms with E-state index in [2.05, 4.69) is 10.3 Å². The van der Waals surface area contributed by atoms with E-state index in [1.165, 1.54) is 0 Å². The van der Waals surface area contributed by atoms with Crippen molar-refractivity contribution in [2.24, 2.45) is 0 Å². The molecule has 6 nitrogen and oxygen atoms in total. The molecule has 1 amide bonds. The van der Waals surface area contributed by atoms with E-state index >= 15 is 0 Å². The molecule has 2 rings (SSSR count). The van der Waals surface area contributed by atoms with Crippen LogP contribution in [-0.4, -0.2) is 32.1 Å². The molecule has 0 atom stereocenters. The van der Waals surface area contributed by atoms with E-state index < -0.39 is 10.0 Å². The minimum Gasteiger partial charge on any atom is -0.350 e. The molecule has 0 saturated heterocycles. The van der Waals surface area contributed by atoms with Gasteiger partial charge in [-0.25, -0.2) is 8.42 Å². The van der Waals surface area contributed by atoms with Gasteiger partial charge in [-0.3, -0.25) is 14.1 Å². The average Bonchev–Trinajstić information content (AvgIpc) is 2.53. The van der Waals surface area contributed by atoms with Crippen LogP contribution in [0.5, 0.6) is 0 Å². The fourth-order valence-electron chi connectivity index (χ4n) is 2.17. The second-order valence-electron chi connectivity index (χ2n) is 5.67. The Bertz CT molecular complexity index is 820. The summed E-state index contributed by atoms with van der Waals surface area (Å²) in [5.41, 5.74) is 3.42. The number of aryl methyl sites for hydroxylation is 2. The van der Waals surface area contributed by atoms with Crippen LogP contribution in [0, 0.1) is 13.8 Å². The van der Waals surface area contributed by atoms with Crippen molar-refractivity contribution in [3.8, 4) is 0 Å². The van der Waals surface area contributed by atoms with Gasteiger partial charge >= 0.3 is 0 Å². The van der Waals surface area contributed by atoms with E-state index in [1.54, 1.807) is 36.7 Å². The predicted molar refractivity (Wildman–Crippen MR) is 94.2 cm³/mol. The lowest BCUT2D eigenvalue weighted by Gasteiger charge is -2.22. The molecule has 0 radical (unpaired) electrons. The number of aromatic nitrogens is 1. The van der Waals surface area contributed by atoms with Crippen molar-refractivity contribution in [3.05, 3.63) is 59.4 Å². The number of carbonyl (C=O) groups excluding carboxylic acids is 1. The second kappa shape index (κ2) is 7.44. The summed E-state index contributed by atoms with van der Waals surface area (Å²) in [6.07, 6.45) is 4.37. The fourth-order valence-corrected chi connectivity index (χ4v) is 3.02. The average molecular weight is 347 g/mol. The van der Waals surface area contributed by atoms with Gasteiger partial charge in [0.2, 0.25) is 15.9 Å². The van der Waals surface area contributed by atoms with Crippen LogP contribution in [0.4, 0.5) is 5.69 Å². The van der Waals surface area contributed by atoms with E-state index in [0.717, 1.165) is 27.3 Å². The summed E-state index contributed by atoms with van der Waals surface area (Å²) >= 11 is 0. The molecule has 0 fully saturated rings. The molecule has 0 aliphatic rings. The van der Waals surface area contributed by atoms with Crippen LogP contribution in [0.25, 0.3) is 0 Å². The second-order valence-corrected chi connectivity index (χ2v) is 7.58. The monoisotopic (exact) mass is 347 g/mol. The summed E-state index contributed by atoms with van der Waals surface area (Å²) in [4.78, 5) is 16.1. The first-order valence-electron chi connectivity index (χ1n) is 7.48. The summed E-state index contributed by atoms with van der Waals surface area (Å²) in [7, 11) is -3.56. The number of nitrogens with zero attached hydrogens (tertiary/aromatic N) is 2. The van der Waals surface area contributed by atoms with E-state index in [4.69, 9.17) is 0 Å². The maximum atomic E-state index is 12.2. The highest BCUT2D eigenvalue weighted by Crippen LogP contribution is 2.21. The predicted octanol–water partition coefficient (Wildman–Crippen LogP) is 1.78. The van der Waals surface area contributed by atoms with Gasteiger partial charge in [0.15, 0.2) is 0 Å². The first-order valence-corrected chi connectivity index (χ1v) is 9.33. The van der Waals surface area contributed by atoms with Gasteiger partial charge in [0.1, 0.15) is 6.54 Å². The van der Waals surface area contributed by atoms with Crippen LogP contribution in [-0.2, 0) is 21.4 Å². The molecule has 0 bridgehead atoms. The number of anilines is 1. The quantitative estimate of drug-likeness (QED) is 0.864. The Morgan fingerprint density at radius 1 is 1.12 bits per heavy atom. The summed E-state index contributed by atoms with van der Waals surface area (Å²) in [5.74, 6) is -0.365. The highest BCUT2D eigenvalue weighted by atomic mass is 32.2. The van der Waals surface area contributed by atoms with Crippen LogP contribution < -0.4 is 9.62 Å². The molecule has 1 heterocycles. The minimum absolute atomic E-state index is 0.258. The number of benzene rings is 1. The molecule has 0 unspecified atom stereocenters. The van der Waals surface area contributed by atoms with Gasteiger partial charge < -0.3 is 5.32 Å². The first kappa shape index (κ1) is 17.9. The van der Waals surface area contributed by atoms with E-state index in [-0.39, 0.29) is 12.5 Å². The van der Waals surface area contributed by atoms with Gasteiger partial charge in [-0.1, -0.05) is 6.07 Å². The molecular formula is C17H21N3O3S. The van der Waals surface area contributed by atoms with Crippen molar-refractivity contribution < 1.29 is 13.2 Å². The molecular weight excluding hydrogens is 326 g/mol. The molecule has 128 valence electrons. The van der Waals surface area contributed by atoms with Crippen LogP contribution in [0.2, 0.25) is 0 Å². The summed E-state index contributed by atoms with van der Waals surface area (Å²) in [5, 5.41) is 2.72. The van der Waals surface area contributed by atoms with Crippen LogP contribution in [0.3, 0.4) is 0 Å². The maximum Gasteiger partial charge on any atom is 0.241 e. The molecule has 7 heteroatoms. The summed E-state index contributed by atoms with van der Waals surface area (Å²) in [6, 6.07) is 8.90. The lowest BCUT2D eigenvalue weighted by atomic mass is 10.1. The highest BCUT2D eigenvalue weighted by Gasteiger charge is 2.21. The van der Waals surface area contributed by atoms with Crippen molar-refractivity contribution in [3.63, 3.8) is 0 Å². The molecule has 0 spiro atoms. The molecule has 1 aromatic heterocycles. The zero-order valence-corrected chi connectivity index (χ0v) is 14.8. The lowest BCUT2D eigenvalue weighted by Crippen LogP contribution is -2.40. The Labute approximate surface area is 142 Å². The third-order valence-corrected chi connectivity index (χ3v) is 4.85. The number of hydrogen-bond acceptors (Lipinski definition) is 4. The van der Waals surface area contributed by atoms with Gasteiger partial charge in [-0.2, -0.15) is 0 Å². The summed E-state index contributed by atoms with van der Waals surface area (Å²) < 4.78 is 25.3. The van der Waals surface area contributed by atoms with Crippen LogP contribution >= 0.6 is 0 Å². The Balaban J connectivity index is 2.11. The number of carbonyl (C=O) groups is 1. The van der Waals surface area contributed by atoms with Crippen molar-refractivity contribution >= 4 is 21.6 Å². The van der Waals surface area contributed by atoms with E-state index in [1.807, 2.05) is 19.9 Å². The molecule has 1 N–H and O–H groups in total. The Kier molecular flexibility index (Phi) is 5.56. The van der Waals surface area contributed by atoms with Crippen LogP contribution in [0.1, 0.15) is 16.7 Å². The third-order valence-electron chi connectivity index (χ3n) is 3.71. The Morgan fingerprint density at radius 2 is 1.79 bits per heavy atom. The zero-order chi connectivity index (χ0) is 17.7. The molecule has 1 aromatic carbocycles. The largest absolute Gasteiger partial charge is 0.350 e. The normalized spacial score (nSPS) is 11.1. The molecule has 2 aromatic rings. The Morgan fingerprint density at radius 3 is 2.38 bits per heavy atom. The Hall–Kier alpha value is -2.41. The fraction of sp³-hybridized carbons (Fsp3) is 0.294. The van der Waals surface area contributed by atoms with E-state index in [9.17, 15) is 13.2 Å². The molecule has 0 saturated carbocycles. The van der Waals surface area contributed by atoms with Crippen molar-refractivity contribution in [2.75, 3.05) is 17.1 Å². The van der Waals surface area contributed by atoms with Crippen molar-refractivity contribution in [2.45, 2.75) is 20.4 Å². The number of nitrogens with one attached hydrogen (secondary N) is 1. The van der Waals surface area contributed by atoms with Gasteiger partial charge in [-0.15, -0.1) is 0 Å². The smallest absolute Gasteiger partial charge is 0.241 e. The van der Waals surface area contributed by atoms with Gasteiger partial charge in [0.25, 0.3) is 0 Å². The standard InChI is InChI=1S/C17H21N3O3S/c1-13-4-5-16(10-14(13)2)20(24(3,22)23)12-17(21)19-11-15-6-8-18-9-7-15/h4-10H,11-12H2,1-3H3,(H,19,21). The molecule has 0 aliphatic carbocycles. The number of rotatable bonds is 6. The number of sulfonamides is 1. The zero-order valence-electron chi connectivity index (χ0n) is 14.0. The van der Waals surface area contributed by atoms with Gasteiger partial charge in [-0.05, 0) is 54.8 Å². The summed E-state index contributed by atoms with van der Waals surface area (Å²) in [6.45, 7) is 3.92. The molecule has 0 aliphatic heterocycles. The SMILES string of the molecule is Cc1ccc(N(CC(=O)NCc2ccncc2)S(C)(=O)=O)cc1C. The van der Waals surface area contributed by atoms with Crippen molar-refractivity contribution in [1.82, 2.24) is 10.3 Å². The number of hydrogen-bond donors (Lipinski definition) is 1. The van der Waals surface area contributed by atoms with Crippen LogP contribution in [0.15, 0.2) is 42.7 Å². The van der Waals surface area contributed by atoms with E-state index in [0.29, 0.717) is 12.2 Å². The number of pyridine rings is 1. The topological polar surface area (TPSA) is 79.4 Å². The maximum absolute atomic E-state index is 12.2.